The average molecular weight is 287 g/mol. The van der Waals surface area contributed by atoms with E-state index < -0.39 is 0 Å². The Morgan fingerprint density at radius 3 is 2.88 bits per heavy atom. The van der Waals surface area contributed by atoms with Crippen LogP contribution >= 0.6 is 15.9 Å². The molecule has 0 aromatic heterocycles. The molecule has 88 valence electrons. The van der Waals surface area contributed by atoms with Crippen LogP contribution in [0.15, 0.2) is 28.7 Å². The first-order valence-corrected chi connectivity index (χ1v) is 5.89. The first-order valence-electron chi connectivity index (χ1n) is 5.09. The first-order chi connectivity index (χ1) is 7.65. The Labute approximate surface area is 103 Å². The Kier molecular flexibility index (Phi) is 5.28. The van der Waals surface area contributed by atoms with Crippen LogP contribution in [0.3, 0.4) is 0 Å². The molecule has 4 nitrogen and oxygen atoms in total. The van der Waals surface area contributed by atoms with Crippen LogP contribution in [0.4, 0.5) is 10.5 Å². The van der Waals surface area contributed by atoms with Gasteiger partial charge in [-0.25, -0.2) is 4.79 Å². The minimum atomic E-state index is -0.306. The fraction of sp³-hybridized carbons (Fsp3) is 0.364. The molecule has 0 spiro atoms. The van der Waals surface area contributed by atoms with Gasteiger partial charge in [-0.1, -0.05) is 28.9 Å². The lowest BCUT2D eigenvalue weighted by molar-refractivity contribution is 0.222. The van der Waals surface area contributed by atoms with Crippen LogP contribution in [-0.2, 0) is 0 Å². The summed E-state index contributed by atoms with van der Waals surface area (Å²) in [5, 5.41) is 14.3. The number of hydrogen-bond donors (Lipinski definition) is 3. The van der Waals surface area contributed by atoms with Crippen LogP contribution < -0.4 is 10.6 Å². The van der Waals surface area contributed by atoms with Gasteiger partial charge in [-0.2, -0.15) is 0 Å². The third kappa shape index (κ3) is 4.20. The SMILES string of the molecule is CCC(CO)NC(=O)Nc1cccc(Br)c1. The number of rotatable bonds is 4. The standard InChI is InChI=1S/C11H15BrN2O2/c1-2-9(7-15)13-11(16)14-10-5-3-4-8(12)6-10/h3-6,9,15H,2,7H2,1H3,(H2,13,14,16). The molecule has 0 heterocycles. The maximum atomic E-state index is 11.5. The van der Waals surface area contributed by atoms with Crippen molar-refractivity contribution in [2.24, 2.45) is 0 Å². The zero-order valence-corrected chi connectivity index (χ0v) is 10.6. The first kappa shape index (κ1) is 13.0. The molecule has 0 bridgehead atoms. The molecule has 1 aromatic carbocycles. The van der Waals surface area contributed by atoms with E-state index in [1.165, 1.54) is 0 Å². The minimum absolute atomic E-state index is 0.0532. The lowest BCUT2D eigenvalue weighted by atomic mass is 10.2. The van der Waals surface area contributed by atoms with E-state index in [2.05, 4.69) is 26.6 Å². The van der Waals surface area contributed by atoms with Crippen LogP contribution in [-0.4, -0.2) is 23.8 Å². The maximum absolute atomic E-state index is 11.5. The molecule has 1 atom stereocenters. The largest absolute Gasteiger partial charge is 0.394 e. The Hall–Kier alpha value is -1.07. The van der Waals surface area contributed by atoms with Gasteiger partial charge in [-0.05, 0) is 24.6 Å². The van der Waals surface area contributed by atoms with Crippen LogP contribution in [0, 0.1) is 0 Å². The molecule has 5 heteroatoms. The van der Waals surface area contributed by atoms with Crippen LogP contribution in [0.25, 0.3) is 0 Å². The highest BCUT2D eigenvalue weighted by molar-refractivity contribution is 9.10. The van der Waals surface area contributed by atoms with Crippen molar-refractivity contribution in [3.05, 3.63) is 28.7 Å². The molecule has 1 unspecified atom stereocenters. The Bertz CT molecular complexity index is 354. The summed E-state index contributed by atoms with van der Waals surface area (Å²) in [6.07, 6.45) is 0.697. The summed E-state index contributed by atoms with van der Waals surface area (Å²) in [4.78, 5) is 11.5. The van der Waals surface area contributed by atoms with E-state index in [0.717, 1.165) is 4.47 Å². The van der Waals surface area contributed by atoms with Gasteiger partial charge in [0.1, 0.15) is 0 Å². The molecule has 16 heavy (non-hydrogen) atoms. The molecule has 0 aliphatic heterocycles. The summed E-state index contributed by atoms with van der Waals surface area (Å²) >= 11 is 3.32. The number of halogens is 1. The third-order valence-electron chi connectivity index (χ3n) is 2.13. The highest BCUT2D eigenvalue weighted by Crippen LogP contribution is 2.15. The molecule has 0 fully saturated rings. The van der Waals surface area contributed by atoms with Crippen LogP contribution in [0.5, 0.6) is 0 Å². The van der Waals surface area contributed by atoms with Crippen molar-refractivity contribution in [2.45, 2.75) is 19.4 Å². The lowest BCUT2D eigenvalue weighted by Crippen LogP contribution is -2.39. The van der Waals surface area contributed by atoms with Gasteiger partial charge in [0, 0.05) is 10.2 Å². The van der Waals surface area contributed by atoms with E-state index in [-0.39, 0.29) is 18.7 Å². The number of anilines is 1. The number of nitrogens with one attached hydrogen (secondary N) is 2. The van der Waals surface area contributed by atoms with Crippen molar-refractivity contribution in [1.29, 1.82) is 0 Å². The lowest BCUT2D eigenvalue weighted by Gasteiger charge is -2.14. The molecule has 0 saturated carbocycles. The van der Waals surface area contributed by atoms with Crippen molar-refractivity contribution >= 4 is 27.6 Å². The van der Waals surface area contributed by atoms with Crippen molar-refractivity contribution in [1.82, 2.24) is 5.32 Å². The number of hydrogen-bond acceptors (Lipinski definition) is 2. The van der Waals surface area contributed by atoms with Gasteiger partial charge in [0.25, 0.3) is 0 Å². The van der Waals surface area contributed by atoms with Gasteiger partial charge in [0.15, 0.2) is 0 Å². The van der Waals surface area contributed by atoms with Gasteiger partial charge in [0.2, 0.25) is 0 Å². The van der Waals surface area contributed by atoms with Gasteiger partial charge < -0.3 is 15.7 Å². The fourth-order valence-electron chi connectivity index (χ4n) is 1.20. The molecule has 1 aromatic rings. The monoisotopic (exact) mass is 286 g/mol. The van der Waals surface area contributed by atoms with Gasteiger partial charge in [-0.15, -0.1) is 0 Å². The fourth-order valence-corrected chi connectivity index (χ4v) is 1.59. The Balaban J connectivity index is 2.51. The molecule has 1 rings (SSSR count). The van der Waals surface area contributed by atoms with Gasteiger partial charge >= 0.3 is 6.03 Å². The predicted octanol–water partition coefficient (Wildman–Crippen LogP) is 2.34. The average Bonchev–Trinajstić information content (AvgIpc) is 2.26. The Morgan fingerprint density at radius 1 is 1.56 bits per heavy atom. The topological polar surface area (TPSA) is 61.4 Å². The summed E-state index contributed by atoms with van der Waals surface area (Å²) in [6, 6.07) is 6.81. The third-order valence-corrected chi connectivity index (χ3v) is 2.62. The van der Waals surface area contributed by atoms with Crippen molar-refractivity contribution in [2.75, 3.05) is 11.9 Å². The predicted molar refractivity (Wildman–Crippen MR) is 67.5 cm³/mol. The summed E-state index contributed by atoms with van der Waals surface area (Å²) in [7, 11) is 0. The molecule has 0 aliphatic carbocycles. The van der Waals surface area contributed by atoms with E-state index in [1.807, 2.05) is 19.1 Å². The quantitative estimate of drug-likeness (QED) is 0.796. The molecule has 0 radical (unpaired) electrons. The van der Waals surface area contributed by atoms with E-state index in [0.29, 0.717) is 12.1 Å². The number of amides is 2. The number of carbonyl (C=O) groups is 1. The smallest absolute Gasteiger partial charge is 0.319 e. The normalized spacial score (nSPS) is 11.9. The molecule has 3 N–H and O–H groups in total. The van der Waals surface area contributed by atoms with E-state index in [4.69, 9.17) is 5.11 Å². The number of carbonyl (C=O) groups excluding carboxylic acids is 1. The maximum Gasteiger partial charge on any atom is 0.319 e. The number of urea groups is 1. The zero-order valence-electron chi connectivity index (χ0n) is 9.03. The van der Waals surface area contributed by atoms with Crippen molar-refractivity contribution in [3.8, 4) is 0 Å². The number of aliphatic hydroxyl groups excluding tert-OH is 1. The molecular formula is C11H15BrN2O2. The summed E-state index contributed by atoms with van der Waals surface area (Å²) in [5.41, 5.74) is 0.708. The van der Waals surface area contributed by atoms with Crippen LogP contribution in [0.2, 0.25) is 0 Å². The van der Waals surface area contributed by atoms with Crippen molar-refractivity contribution < 1.29 is 9.90 Å². The van der Waals surface area contributed by atoms with Crippen LogP contribution in [0.1, 0.15) is 13.3 Å². The summed E-state index contributed by atoms with van der Waals surface area (Å²) in [6.45, 7) is 1.85. The number of aliphatic hydroxyl groups is 1. The summed E-state index contributed by atoms with van der Waals surface area (Å²) < 4.78 is 0.902. The van der Waals surface area contributed by atoms with Gasteiger partial charge in [0.05, 0.1) is 12.6 Å². The molecule has 0 aliphatic rings. The molecule has 2 amide bonds. The van der Waals surface area contributed by atoms with E-state index in [1.54, 1.807) is 12.1 Å². The highest BCUT2D eigenvalue weighted by atomic mass is 79.9. The minimum Gasteiger partial charge on any atom is -0.394 e. The second kappa shape index (κ2) is 6.50. The second-order valence-electron chi connectivity index (χ2n) is 3.40. The highest BCUT2D eigenvalue weighted by Gasteiger charge is 2.08. The van der Waals surface area contributed by atoms with E-state index in [9.17, 15) is 4.79 Å². The zero-order chi connectivity index (χ0) is 12.0. The van der Waals surface area contributed by atoms with E-state index >= 15 is 0 Å². The summed E-state index contributed by atoms with van der Waals surface area (Å²) in [5.74, 6) is 0. The Morgan fingerprint density at radius 2 is 2.31 bits per heavy atom. The van der Waals surface area contributed by atoms with Crippen molar-refractivity contribution in [3.63, 3.8) is 0 Å². The molecular weight excluding hydrogens is 272 g/mol. The number of benzene rings is 1. The second-order valence-corrected chi connectivity index (χ2v) is 4.31. The van der Waals surface area contributed by atoms with Gasteiger partial charge in [-0.3, -0.25) is 0 Å². The molecule has 0 saturated heterocycles.